The number of hydrogen-bond donors (Lipinski definition) is 1. The molecule has 7 nitrogen and oxygen atoms in total. The Morgan fingerprint density at radius 2 is 2.16 bits per heavy atom. The first-order valence-electron chi connectivity index (χ1n) is 7.54. The highest BCUT2D eigenvalue weighted by molar-refractivity contribution is 5.98. The third-order valence-electron chi connectivity index (χ3n) is 3.81. The number of halogens is 3. The van der Waals surface area contributed by atoms with Gasteiger partial charge in [-0.15, -0.1) is 0 Å². The van der Waals surface area contributed by atoms with E-state index >= 15 is 0 Å². The lowest BCUT2D eigenvalue weighted by atomic mass is 10.0. The highest BCUT2D eigenvalue weighted by Gasteiger charge is 2.63. The fraction of sp³-hybridized carbons (Fsp3) is 0.467. The van der Waals surface area contributed by atoms with Gasteiger partial charge >= 0.3 is 6.18 Å². The number of carbonyl (C=O) groups is 1. The Balaban J connectivity index is 2.40. The number of hydrogen-bond acceptors (Lipinski definition) is 5. The van der Waals surface area contributed by atoms with Crippen molar-refractivity contribution in [1.29, 1.82) is 0 Å². The van der Waals surface area contributed by atoms with E-state index in [0.717, 1.165) is 18.2 Å². The fourth-order valence-corrected chi connectivity index (χ4v) is 2.45. The van der Waals surface area contributed by atoms with Crippen molar-refractivity contribution in [2.24, 2.45) is 5.10 Å². The van der Waals surface area contributed by atoms with E-state index in [9.17, 15) is 33.2 Å². The predicted molar refractivity (Wildman–Crippen MR) is 81.8 cm³/mol. The molecule has 1 unspecified atom stereocenters. The summed E-state index contributed by atoms with van der Waals surface area (Å²) in [5.41, 5.74) is -4.22. The molecule has 0 saturated carbocycles. The third-order valence-corrected chi connectivity index (χ3v) is 3.81. The molecular weight excluding hydrogens is 343 g/mol. The molecule has 0 saturated heterocycles. The number of amides is 1. The van der Waals surface area contributed by atoms with E-state index in [1.807, 2.05) is 6.92 Å². The summed E-state index contributed by atoms with van der Waals surface area (Å²) in [6, 6.07) is 4.26. The maximum Gasteiger partial charge on any atom is 0.438 e. The van der Waals surface area contributed by atoms with Gasteiger partial charge < -0.3 is 5.11 Å². The molecule has 0 radical (unpaired) electrons. The molecule has 25 heavy (non-hydrogen) atoms. The van der Waals surface area contributed by atoms with Gasteiger partial charge in [0.25, 0.3) is 17.3 Å². The molecule has 1 aliphatic rings. The average molecular weight is 359 g/mol. The Bertz CT molecular complexity index is 720. The maximum atomic E-state index is 13.3. The van der Waals surface area contributed by atoms with Crippen molar-refractivity contribution >= 4 is 17.3 Å². The van der Waals surface area contributed by atoms with Gasteiger partial charge in [-0.3, -0.25) is 14.9 Å². The van der Waals surface area contributed by atoms with Crippen molar-refractivity contribution in [2.45, 2.75) is 44.5 Å². The van der Waals surface area contributed by atoms with E-state index < -0.39 is 34.8 Å². The molecule has 0 aromatic heterocycles. The molecule has 1 aromatic carbocycles. The number of nitro benzene ring substituents is 1. The number of carbonyl (C=O) groups excluding carboxylic acids is 1. The molecule has 1 aliphatic heterocycles. The molecule has 0 spiro atoms. The van der Waals surface area contributed by atoms with Gasteiger partial charge in [0.2, 0.25) is 0 Å². The Morgan fingerprint density at radius 1 is 1.48 bits per heavy atom. The molecule has 1 atom stereocenters. The van der Waals surface area contributed by atoms with Crippen molar-refractivity contribution in [3.05, 3.63) is 39.9 Å². The normalized spacial score (nSPS) is 20.5. The van der Waals surface area contributed by atoms with Crippen LogP contribution in [0.3, 0.4) is 0 Å². The van der Waals surface area contributed by atoms with Gasteiger partial charge in [-0.1, -0.05) is 19.4 Å². The van der Waals surface area contributed by atoms with Crippen LogP contribution in [-0.2, 0) is 0 Å². The van der Waals surface area contributed by atoms with Crippen LogP contribution in [0, 0.1) is 10.1 Å². The Kier molecular flexibility index (Phi) is 5.12. The number of aliphatic hydroxyl groups is 1. The van der Waals surface area contributed by atoms with E-state index in [2.05, 4.69) is 5.10 Å². The Morgan fingerprint density at radius 3 is 2.72 bits per heavy atom. The zero-order valence-electron chi connectivity index (χ0n) is 13.3. The second-order valence-electron chi connectivity index (χ2n) is 5.69. The molecule has 0 bridgehead atoms. The minimum absolute atomic E-state index is 0.0168. The summed E-state index contributed by atoms with van der Waals surface area (Å²) in [5, 5.41) is 24.5. The third kappa shape index (κ3) is 3.63. The van der Waals surface area contributed by atoms with Crippen LogP contribution >= 0.6 is 0 Å². The van der Waals surface area contributed by atoms with Gasteiger partial charge in [0.1, 0.15) is 0 Å². The second kappa shape index (κ2) is 6.79. The largest absolute Gasteiger partial charge is 0.438 e. The minimum atomic E-state index is -5.12. The molecule has 10 heteroatoms. The molecule has 2 rings (SSSR count). The summed E-state index contributed by atoms with van der Waals surface area (Å²) in [6.45, 7) is 1.84. The predicted octanol–water partition coefficient (Wildman–Crippen LogP) is 3.24. The maximum absolute atomic E-state index is 13.3. The summed E-state index contributed by atoms with van der Waals surface area (Å²) in [4.78, 5) is 22.4. The lowest BCUT2D eigenvalue weighted by Crippen LogP contribution is -2.56. The van der Waals surface area contributed by atoms with Crippen LogP contribution < -0.4 is 0 Å². The first-order chi connectivity index (χ1) is 11.6. The lowest BCUT2D eigenvalue weighted by molar-refractivity contribution is -0.384. The zero-order chi connectivity index (χ0) is 18.8. The Labute approximate surface area is 140 Å². The van der Waals surface area contributed by atoms with Crippen LogP contribution in [0.4, 0.5) is 18.9 Å². The lowest BCUT2D eigenvalue weighted by Gasteiger charge is -2.32. The van der Waals surface area contributed by atoms with Crippen molar-refractivity contribution in [2.75, 3.05) is 0 Å². The standard InChI is InChI=1S/C15H16F3N3O4/c1-2-3-6-11-9-14(23,15(16,17)18)20(19-11)13(22)10-5-4-7-12(8-10)21(24)25/h4-5,7-8,23H,2-3,6,9H2,1H3. The second-order valence-corrected chi connectivity index (χ2v) is 5.69. The topological polar surface area (TPSA) is 96.0 Å². The number of benzene rings is 1. The summed E-state index contributed by atoms with van der Waals surface area (Å²) in [7, 11) is 0. The summed E-state index contributed by atoms with van der Waals surface area (Å²) in [6.07, 6.45) is -4.47. The molecule has 0 fully saturated rings. The molecule has 136 valence electrons. The van der Waals surface area contributed by atoms with E-state index in [-0.39, 0.29) is 22.7 Å². The van der Waals surface area contributed by atoms with E-state index in [1.165, 1.54) is 6.07 Å². The number of rotatable bonds is 5. The number of hydrazone groups is 1. The van der Waals surface area contributed by atoms with Crippen LogP contribution in [0.2, 0.25) is 0 Å². The van der Waals surface area contributed by atoms with Gasteiger partial charge in [0, 0.05) is 29.8 Å². The summed E-state index contributed by atoms with van der Waals surface area (Å²) < 4.78 is 40.0. The van der Waals surface area contributed by atoms with E-state index in [0.29, 0.717) is 12.8 Å². The van der Waals surface area contributed by atoms with Gasteiger partial charge in [-0.25, -0.2) is 0 Å². The van der Waals surface area contributed by atoms with Crippen LogP contribution in [0.25, 0.3) is 0 Å². The average Bonchev–Trinajstić information content (AvgIpc) is 2.90. The van der Waals surface area contributed by atoms with Crippen molar-refractivity contribution < 1.29 is 28.0 Å². The SMILES string of the molecule is CCCCC1=NN(C(=O)c2cccc([N+](=O)[O-])c2)C(O)(C(F)(F)F)C1. The van der Waals surface area contributed by atoms with Crippen molar-refractivity contribution in [3.8, 4) is 0 Å². The highest BCUT2D eigenvalue weighted by atomic mass is 19.4. The molecule has 1 heterocycles. The quantitative estimate of drug-likeness (QED) is 0.645. The summed E-state index contributed by atoms with van der Waals surface area (Å²) >= 11 is 0. The molecule has 1 N–H and O–H groups in total. The van der Waals surface area contributed by atoms with Crippen LogP contribution in [0.1, 0.15) is 43.0 Å². The van der Waals surface area contributed by atoms with Crippen LogP contribution in [0.5, 0.6) is 0 Å². The minimum Gasteiger partial charge on any atom is -0.362 e. The molecule has 1 amide bonds. The van der Waals surface area contributed by atoms with Gasteiger partial charge in [0.05, 0.1) is 4.92 Å². The van der Waals surface area contributed by atoms with Crippen LogP contribution in [0.15, 0.2) is 29.4 Å². The number of non-ortho nitro benzene ring substituents is 1. The highest BCUT2D eigenvalue weighted by Crippen LogP contribution is 2.41. The fourth-order valence-electron chi connectivity index (χ4n) is 2.45. The number of unbranched alkanes of at least 4 members (excludes halogenated alkanes) is 1. The first kappa shape index (κ1) is 18.8. The van der Waals surface area contributed by atoms with Crippen molar-refractivity contribution in [1.82, 2.24) is 5.01 Å². The number of nitro groups is 1. The van der Waals surface area contributed by atoms with Gasteiger partial charge in [0.15, 0.2) is 0 Å². The van der Waals surface area contributed by atoms with Gasteiger partial charge in [-0.05, 0) is 18.9 Å². The number of nitrogens with zero attached hydrogens (tertiary/aromatic N) is 3. The molecular formula is C15H16F3N3O4. The number of alkyl halides is 3. The molecule has 0 aliphatic carbocycles. The van der Waals surface area contributed by atoms with Crippen molar-refractivity contribution in [3.63, 3.8) is 0 Å². The van der Waals surface area contributed by atoms with E-state index in [4.69, 9.17) is 0 Å². The molecule has 1 aromatic rings. The smallest absolute Gasteiger partial charge is 0.362 e. The Hall–Kier alpha value is -2.49. The first-order valence-corrected chi connectivity index (χ1v) is 7.54. The van der Waals surface area contributed by atoms with E-state index in [1.54, 1.807) is 0 Å². The monoisotopic (exact) mass is 359 g/mol. The van der Waals surface area contributed by atoms with Gasteiger partial charge in [-0.2, -0.15) is 23.3 Å². The van der Waals surface area contributed by atoms with Crippen LogP contribution in [-0.4, -0.2) is 38.6 Å². The zero-order valence-corrected chi connectivity index (χ0v) is 13.3. The summed E-state index contributed by atoms with van der Waals surface area (Å²) in [5.74, 6) is -1.25.